The van der Waals surface area contributed by atoms with Gasteiger partial charge < -0.3 is 5.73 Å². The molecule has 1 amide bonds. The van der Waals surface area contributed by atoms with Gasteiger partial charge in [0.25, 0.3) is 5.91 Å². The smallest absolute Gasteiger partial charge is 0.254 e. The van der Waals surface area contributed by atoms with E-state index in [1.165, 1.54) is 0 Å². The van der Waals surface area contributed by atoms with Crippen molar-refractivity contribution in [2.45, 2.75) is 6.10 Å². The molecule has 0 saturated carbocycles. The molecule has 1 rings (SSSR count). The van der Waals surface area contributed by atoms with E-state index in [1.807, 2.05) is 0 Å². The van der Waals surface area contributed by atoms with Crippen molar-refractivity contribution in [2.75, 3.05) is 6.26 Å². The molecule has 0 saturated heterocycles. The number of pyridine rings is 1. The molecule has 0 aliphatic heterocycles. The molecule has 0 spiro atoms. The fourth-order valence-corrected chi connectivity index (χ4v) is 1.26. The van der Waals surface area contributed by atoms with E-state index in [1.54, 1.807) is 30.7 Å². The predicted octanol–water partition coefficient (Wildman–Crippen LogP) is 0.903. The highest BCUT2D eigenvalue weighted by Gasteiger charge is 2.19. The lowest BCUT2D eigenvalue weighted by atomic mass is 10.2. The lowest BCUT2D eigenvalue weighted by Gasteiger charge is -2.10. The van der Waals surface area contributed by atoms with Gasteiger partial charge in [-0.05, 0) is 24.2 Å². The van der Waals surface area contributed by atoms with Crippen LogP contribution in [0.3, 0.4) is 0 Å². The lowest BCUT2D eigenvalue weighted by Crippen LogP contribution is -2.22. The molecule has 1 unspecified atom stereocenters. The third-order valence-electron chi connectivity index (χ3n) is 1.41. The predicted molar refractivity (Wildman–Crippen MR) is 50.8 cm³/mol. The quantitative estimate of drug-likeness (QED) is 0.730. The van der Waals surface area contributed by atoms with Crippen LogP contribution >= 0.6 is 12.0 Å². The number of nitrogens with two attached hydrogens (primary N) is 1. The molecule has 5 heteroatoms. The molecule has 0 fully saturated rings. The number of hydrogen-bond donors (Lipinski definition) is 1. The molecule has 1 aromatic heterocycles. The minimum atomic E-state index is -0.767. The van der Waals surface area contributed by atoms with Crippen molar-refractivity contribution in [1.82, 2.24) is 4.98 Å². The number of aromatic nitrogens is 1. The Kier molecular flexibility index (Phi) is 3.72. The summed E-state index contributed by atoms with van der Waals surface area (Å²) in [7, 11) is 0. The Bertz CT molecular complexity index is 279. The van der Waals surface area contributed by atoms with E-state index in [4.69, 9.17) is 9.92 Å². The molecule has 0 aliphatic carbocycles. The van der Waals surface area contributed by atoms with Gasteiger partial charge in [-0.1, -0.05) is 6.07 Å². The summed E-state index contributed by atoms with van der Waals surface area (Å²) < 4.78 is 5.07. The number of nitrogens with zero attached hydrogens (tertiary/aromatic N) is 1. The van der Waals surface area contributed by atoms with Gasteiger partial charge in [-0.15, -0.1) is 0 Å². The number of hydrogen-bond acceptors (Lipinski definition) is 4. The minimum Gasteiger partial charge on any atom is -0.367 e. The van der Waals surface area contributed by atoms with Crippen LogP contribution < -0.4 is 5.73 Å². The van der Waals surface area contributed by atoms with E-state index in [2.05, 4.69) is 4.98 Å². The van der Waals surface area contributed by atoms with E-state index >= 15 is 0 Å². The first-order valence-electron chi connectivity index (χ1n) is 3.65. The van der Waals surface area contributed by atoms with Crippen LogP contribution in [-0.2, 0) is 8.98 Å². The number of amides is 1. The van der Waals surface area contributed by atoms with E-state index < -0.39 is 12.0 Å². The maximum atomic E-state index is 10.9. The van der Waals surface area contributed by atoms with Crippen LogP contribution in [0.2, 0.25) is 0 Å². The molecule has 70 valence electrons. The Balaban J connectivity index is 2.82. The van der Waals surface area contributed by atoms with Gasteiger partial charge in [-0.3, -0.25) is 14.0 Å². The van der Waals surface area contributed by atoms with Crippen LogP contribution in [0, 0.1) is 0 Å². The normalized spacial score (nSPS) is 12.4. The summed E-state index contributed by atoms with van der Waals surface area (Å²) in [6.07, 6.45) is 2.55. The average Bonchev–Trinajstić information content (AvgIpc) is 2.15. The summed E-state index contributed by atoms with van der Waals surface area (Å²) in [5.41, 5.74) is 5.67. The van der Waals surface area contributed by atoms with Gasteiger partial charge in [-0.2, -0.15) is 0 Å². The van der Waals surface area contributed by atoms with Crippen LogP contribution in [0.15, 0.2) is 24.4 Å². The Labute approximate surface area is 80.7 Å². The van der Waals surface area contributed by atoms with Crippen LogP contribution in [0.4, 0.5) is 0 Å². The summed E-state index contributed by atoms with van der Waals surface area (Å²) >= 11 is 1.09. The summed E-state index contributed by atoms with van der Waals surface area (Å²) in [5.74, 6) is -0.534. The summed E-state index contributed by atoms with van der Waals surface area (Å²) in [6, 6.07) is 5.24. The highest BCUT2D eigenvalue weighted by molar-refractivity contribution is 7.93. The highest BCUT2D eigenvalue weighted by Crippen LogP contribution is 2.18. The zero-order valence-electron chi connectivity index (χ0n) is 7.14. The van der Waals surface area contributed by atoms with Crippen molar-refractivity contribution in [2.24, 2.45) is 5.73 Å². The molecule has 0 bridgehead atoms. The number of carbonyl (C=O) groups is 1. The Morgan fingerprint density at radius 3 is 2.92 bits per heavy atom. The summed E-state index contributed by atoms with van der Waals surface area (Å²) in [5, 5.41) is 0. The van der Waals surface area contributed by atoms with Crippen molar-refractivity contribution >= 4 is 17.9 Å². The van der Waals surface area contributed by atoms with E-state index in [0.717, 1.165) is 12.0 Å². The molecule has 2 N–H and O–H groups in total. The molecule has 0 aliphatic rings. The van der Waals surface area contributed by atoms with Gasteiger partial charge in [-0.25, -0.2) is 0 Å². The molecule has 4 nitrogen and oxygen atoms in total. The Morgan fingerprint density at radius 1 is 1.69 bits per heavy atom. The van der Waals surface area contributed by atoms with Crippen molar-refractivity contribution in [1.29, 1.82) is 0 Å². The zero-order chi connectivity index (χ0) is 9.68. The maximum absolute atomic E-state index is 10.9. The van der Waals surface area contributed by atoms with Crippen molar-refractivity contribution in [3.63, 3.8) is 0 Å². The third kappa shape index (κ3) is 2.71. The minimum absolute atomic E-state index is 0.532. The Morgan fingerprint density at radius 2 is 2.46 bits per heavy atom. The van der Waals surface area contributed by atoms with E-state index in [9.17, 15) is 4.79 Å². The molecule has 1 heterocycles. The second-order valence-electron chi connectivity index (χ2n) is 2.30. The van der Waals surface area contributed by atoms with Gasteiger partial charge in [0.15, 0.2) is 6.10 Å². The number of primary amides is 1. The van der Waals surface area contributed by atoms with Crippen LogP contribution in [0.1, 0.15) is 11.8 Å². The average molecular weight is 198 g/mol. The molecule has 0 aromatic carbocycles. The topological polar surface area (TPSA) is 65.2 Å². The highest BCUT2D eigenvalue weighted by atomic mass is 32.2. The molecule has 1 aromatic rings. The van der Waals surface area contributed by atoms with Crippen molar-refractivity contribution < 1.29 is 8.98 Å². The molecule has 13 heavy (non-hydrogen) atoms. The SMILES string of the molecule is CSOC(C(N)=O)c1ccccn1. The van der Waals surface area contributed by atoms with Gasteiger partial charge in [0.05, 0.1) is 5.69 Å². The van der Waals surface area contributed by atoms with Gasteiger partial charge in [0.1, 0.15) is 0 Å². The van der Waals surface area contributed by atoms with Crippen LogP contribution in [0.25, 0.3) is 0 Å². The monoisotopic (exact) mass is 198 g/mol. The molecular formula is C8H10N2O2S. The number of rotatable bonds is 4. The molecular weight excluding hydrogens is 188 g/mol. The van der Waals surface area contributed by atoms with Crippen LogP contribution in [0.5, 0.6) is 0 Å². The largest absolute Gasteiger partial charge is 0.367 e. The Hall–Kier alpha value is -1.07. The number of carbonyl (C=O) groups excluding carboxylic acids is 1. The van der Waals surface area contributed by atoms with Crippen molar-refractivity contribution in [3.8, 4) is 0 Å². The van der Waals surface area contributed by atoms with Gasteiger partial charge >= 0.3 is 0 Å². The first-order chi connectivity index (χ1) is 6.25. The first-order valence-corrected chi connectivity index (χ1v) is 4.80. The maximum Gasteiger partial charge on any atom is 0.254 e. The second-order valence-corrected chi connectivity index (χ2v) is 2.83. The summed E-state index contributed by atoms with van der Waals surface area (Å²) in [6.45, 7) is 0. The van der Waals surface area contributed by atoms with Crippen LogP contribution in [-0.4, -0.2) is 17.1 Å². The standard InChI is InChI=1S/C8H10N2O2S/c1-13-12-7(8(9)11)6-4-2-3-5-10-6/h2-5,7H,1H3,(H2,9,11). The van der Waals surface area contributed by atoms with E-state index in [0.29, 0.717) is 5.69 Å². The summed E-state index contributed by atoms with van der Waals surface area (Å²) in [4.78, 5) is 14.9. The molecule has 0 radical (unpaired) electrons. The first kappa shape index (κ1) is 10.0. The third-order valence-corrected chi connectivity index (χ3v) is 1.79. The molecule has 1 atom stereocenters. The van der Waals surface area contributed by atoms with E-state index in [-0.39, 0.29) is 0 Å². The second kappa shape index (κ2) is 4.84. The lowest BCUT2D eigenvalue weighted by molar-refractivity contribution is -0.124. The fourth-order valence-electron chi connectivity index (χ4n) is 0.870. The zero-order valence-corrected chi connectivity index (χ0v) is 7.95. The van der Waals surface area contributed by atoms with Crippen molar-refractivity contribution in [3.05, 3.63) is 30.1 Å². The van der Waals surface area contributed by atoms with Gasteiger partial charge in [0, 0.05) is 12.5 Å². The fraction of sp³-hybridized carbons (Fsp3) is 0.250. The van der Waals surface area contributed by atoms with Gasteiger partial charge in [0.2, 0.25) is 0 Å².